The maximum absolute atomic E-state index is 12.1. The van der Waals surface area contributed by atoms with Crippen molar-refractivity contribution in [1.29, 1.82) is 0 Å². The lowest BCUT2D eigenvalue weighted by Gasteiger charge is -2.12. The number of ketones is 1. The van der Waals surface area contributed by atoms with Gasteiger partial charge in [0.1, 0.15) is 5.75 Å². The molecule has 1 rings (SSSR count). The Bertz CT molecular complexity index is 362. The third-order valence-corrected chi connectivity index (χ3v) is 2.60. The van der Waals surface area contributed by atoms with Gasteiger partial charge in [-0.05, 0) is 38.1 Å². The van der Waals surface area contributed by atoms with Gasteiger partial charge in [0.25, 0.3) is 0 Å². The fourth-order valence-corrected chi connectivity index (χ4v) is 1.60. The first-order chi connectivity index (χ1) is 8.69. The van der Waals surface area contributed by atoms with Crippen molar-refractivity contribution in [3.05, 3.63) is 29.8 Å². The van der Waals surface area contributed by atoms with E-state index < -0.39 is 0 Å². The lowest BCUT2D eigenvalue weighted by molar-refractivity contribution is 0.0945. The van der Waals surface area contributed by atoms with Gasteiger partial charge in [-0.3, -0.25) is 4.79 Å². The fourth-order valence-electron chi connectivity index (χ4n) is 1.60. The molecular weight excluding hydrogens is 230 g/mol. The molecule has 0 amide bonds. The van der Waals surface area contributed by atoms with E-state index in [0.29, 0.717) is 25.3 Å². The minimum Gasteiger partial charge on any atom is -0.494 e. The molecular formula is C14H21NO3. The number of nitrogens with one attached hydrogen (secondary N) is 1. The molecule has 0 radical (unpaired) electrons. The zero-order valence-corrected chi connectivity index (χ0v) is 11.2. The molecule has 0 fully saturated rings. The first kappa shape index (κ1) is 14.7. The molecule has 0 saturated carbocycles. The summed E-state index contributed by atoms with van der Waals surface area (Å²) in [6.45, 7) is 5.68. The second kappa shape index (κ2) is 7.84. The molecule has 100 valence electrons. The Morgan fingerprint density at radius 3 is 2.56 bits per heavy atom. The molecule has 0 saturated heterocycles. The maximum Gasteiger partial charge on any atom is 0.179 e. The smallest absolute Gasteiger partial charge is 0.179 e. The topological polar surface area (TPSA) is 47.6 Å². The maximum atomic E-state index is 12.1. The quantitative estimate of drug-likeness (QED) is 0.566. The zero-order valence-electron chi connectivity index (χ0n) is 11.2. The van der Waals surface area contributed by atoms with E-state index >= 15 is 0 Å². The summed E-state index contributed by atoms with van der Waals surface area (Å²) < 4.78 is 10.3. The van der Waals surface area contributed by atoms with Gasteiger partial charge in [0.05, 0.1) is 19.3 Å². The zero-order chi connectivity index (χ0) is 13.4. The molecule has 4 nitrogen and oxygen atoms in total. The summed E-state index contributed by atoms with van der Waals surface area (Å²) >= 11 is 0. The average Bonchev–Trinajstić information content (AvgIpc) is 2.39. The summed E-state index contributed by atoms with van der Waals surface area (Å²) in [5, 5.41) is 3.12. The van der Waals surface area contributed by atoms with E-state index in [1.165, 1.54) is 0 Å². The lowest BCUT2D eigenvalue weighted by atomic mass is 10.1. The van der Waals surface area contributed by atoms with E-state index in [-0.39, 0.29) is 11.8 Å². The number of rotatable bonds is 8. The van der Waals surface area contributed by atoms with Crippen LogP contribution in [0.4, 0.5) is 0 Å². The number of methoxy groups -OCH3 is 1. The first-order valence-electron chi connectivity index (χ1n) is 6.18. The van der Waals surface area contributed by atoms with Crippen molar-refractivity contribution in [1.82, 2.24) is 5.32 Å². The second-order valence-corrected chi connectivity index (χ2v) is 3.99. The lowest BCUT2D eigenvalue weighted by Crippen LogP contribution is -2.36. The normalized spacial score (nSPS) is 12.2. The van der Waals surface area contributed by atoms with Crippen molar-refractivity contribution in [3.63, 3.8) is 0 Å². The van der Waals surface area contributed by atoms with E-state index in [0.717, 1.165) is 5.75 Å². The summed E-state index contributed by atoms with van der Waals surface area (Å²) in [4.78, 5) is 12.1. The molecule has 4 heteroatoms. The highest BCUT2D eigenvalue weighted by molar-refractivity contribution is 5.99. The van der Waals surface area contributed by atoms with Crippen LogP contribution >= 0.6 is 0 Å². The standard InChI is InChI=1S/C14H21NO3/c1-4-18-13-7-5-12(6-8-13)14(16)11(2)15-9-10-17-3/h5-8,11,15H,4,9-10H2,1-3H3. The molecule has 18 heavy (non-hydrogen) atoms. The predicted octanol–water partition coefficient (Wildman–Crippen LogP) is 1.89. The number of hydrogen-bond donors (Lipinski definition) is 1. The first-order valence-corrected chi connectivity index (χ1v) is 6.18. The van der Waals surface area contributed by atoms with Crippen molar-refractivity contribution in [2.75, 3.05) is 26.9 Å². The SMILES string of the molecule is CCOc1ccc(C(=O)C(C)NCCOC)cc1. The number of benzene rings is 1. The molecule has 0 spiro atoms. The van der Waals surface area contributed by atoms with Crippen LogP contribution in [0.25, 0.3) is 0 Å². The third kappa shape index (κ3) is 4.47. The predicted molar refractivity (Wildman–Crippen MR) is 71.3 cm³/mol. The van der Waals surface area contributed by atoms with Crippen molar-refractivity contribution in [3.8, 4) is 5.75 Å². The van der Waals surface area contributed by atoms with Crippen molar-refractivity contribution in [2.45, 2.75) is 19.9 Å². The van der Waals surface area contributed by atoms with Gasteiger partial charge in [0.2, 0.25) is 0 Å². The largest absolute Gasteiger partial charge is 0.494 e. The van der Waals surface area contributed by atoms with Crippen LogP contribution in [0.5, 0.6) is 5.75 Å². The van der Waals surface area contributed by atoms with Gasteiger partial charge in [-0.2, -0.15) is 0 Å². The average molecular weight is 251 g/mol. The molecule has 1 N–H and O–H groups in total. The molecule has 0 aromatic heterocycles. The van der Waals surface area contributed by atoms with Gasteiger partial charge in [0.15, 0.2) is 5.78 Å². The van der Waals surface area contributed by atoms with E-state index in [1.54, 1.807) is 19.2 Å². The number of ether oxygens (including phenoxy) is 2. The molecule has 1 aromatic rings. The molecule has 1 atom stereocenters. The highest BCUT2D eigenvalue weighted by atomic mass is 16.5. The van der Waals surface area contributed by atoms with Crippen LogP contribution in [0.2, 0.25) is 0 Å². The summed E-state index contributed by atoms with van der Waals surface area (Å²) in [7, 11) is 1.64. The van der Waals surface area contributed by atoms with Crippen LogP contribution in [0.15, 0.2) is 24.3 Å². The molecule has 0 bridgehead atoms. The number of carbonyl (C=O) groups is 1. The van der Waals surface area contributed by atoms with Gasteiger partial charge >= 0.3 is 0 Å². The van der Waals surface area contributed by atoms with Crippen molar-refractivity contribution in [2.24, 2.45) is 0 Å². The van der Waals surface area contributed by atoms with Crippen LogP contribution in [0.3, 0.4) is 0 Å². The van der Waals surface area contributed by atoms with Crippen LogP contribution < -0.4 is 10.1 Å². The van der Waals surface area contributed by atoms with Crippen molar-refractivity contribution < 1.29 is 14.3 Å². The molecule has 0 aliphatic heterocycles. The van der Waals surface area contributed by atoms with Gasteiger partial charge < -0.3 is 14.8 Å². The fraction of sp³-hybridized carbons (Fsp3) is 0.500. The molecule has 0 heterocycles. The summed E-state index contributed by atoms with van der Waals surface area (Å²) in [6.07, 6.45) is 0. The monoisotopic (exact) mass is 251 g/mol. The van der Waals surface area contributed by atoms with E-state index in [9.17, 15) is 4.79 Å². The Labute approximate surface area is 108 Å². The van der Waals surface area contributed by atoms with Gasteiger partial charge in [-0.1, -0.05) is 0 Å². The minimum absolute atomic E-state index is 0.0779. The Balaban J connectivity index is 2.54. The summed E-state index contributed by atoms with van der Waals surface area (Å²) in [5.41, 5.74) is 0.691. The summed E-state index contributed by atoms with van der Waals surface area (Å²) in [5.74, 6) is 0.864. The van der Waals surface area contributed by atoms with Crippen LogP contribution in [-0.4, -0.2) is 38.7 Å². The Kier molecular flexibility index (Phi) is 6.39. The van der Waals surface area contributed by atoms with Gasteiger partial charge in [-0.25, -0.2) is 0 Å². The molecule has 1 unspecified atom stereocenters. The van der Waals surface area contributed by atoms with Crippen molar-refractivity contribution >= 4 is 5.78 Å². The Hall–Kier alpha value is -1.39. The van der Waals surface area contributed by atoms with Crippen LogP contribution in [0.1, 0.15) is 24.2 Å². The number of hydrogen-bond acceptors (Lipinski definition) is 4. The van der Waals surface area contributed by atoms with Gasteiger partial charge in [-0.15, -0.1) is 0 Å². The Morgan fingerprint density at radius 2 is 2.00 bits per heavy atom. The van der Waals surface area contributed by atoms with E-state index in [4.69, 9.17) is 9.47 Å². The van der Waals surface area contributed by atoms with Crippen LogP contribution in [-0.2, 0) is 4.74 Å². The molecule has 1 aromatic carbocycles. The van der Waals surface area contributed by atoms with Crippen LogP contribution in [0, 0.1) is 0 Å². The molecule has 0 aliphatic carbocycles. The third-order valence-electron chi connectivity index (χ3n) is 2.60. The Morgan fingerprint density at radius 1 is 1.33 bits per heavy atom. The van der Waals surface area contributed by atoms with E-state index in [2.05, 4.69) is 5.32 Å². The summed E-state index contributed by atoms with van der Waals surface area (Å²) in [6, 6.07) is 7.01. The second-order valence-electron chi connectivity index (χ2n) is 3.99. The molecule has 0 aliphatic rings. The highest BCUT2D eigenvalue weighted by Gasteiger charge is 2.14. The number of Topliss-reactive ketones (excluding diaryl/α,β-unsaturated/α-hetero) is 1. The number of carbonyl (C=O) groups excluding carboxylic acids is 1. The van der Waals surface area contributed by atoms with E-state index in [1.807, 2.05) is 26.0 Å². The minimum atomic E-state index is -0.210. The van der Waals surface area contributed by atoms with Gasteiger partial charge in [0, 0.05) is 19.2 Å². The highest BCUT2D eigenvalue weighted by Crippen LogP contribution is 2.13.